The van der Waals surface area contributed by atoms with Gasteiger partial charge in [-0.1, -0.05) is 48.0 Å². The molecule has 4 rings (SSSR count). The number of aromatic nitrogens is 2. The molecule has 0 spiro atoms. The van der Waals surface area contributed by atoms with Gasteiger partial charge in [-0.25, -0.2) is 4.79 Å². The highest BCUT2D eigenvalue weighted by Crippen LogP contribution is 2.17. The van der Waals surface area contributed by atoms with Crippen LogP contribution >= 0.6 is 0 Å². The second-order valence-electron chi connectivity index (χ2n) is 7.76. The van der Waals surface area contributed by atoms with E-state index in [1.54, 1.807) is 18.2 Å². The first kappa shape index (κ1) is 21.4. The summed E-state index contributed by atoms with van der Waals surface area (Å²) >= 11 is 0. The SMILES string of the molecule is COC(=O)c1cccc(OCCCn2c(=N)n(Cc3cccc(C)c3)c3ccccc32)c1. The number of hydrogen-bond acceptors (Lipinski definition) is 4. The maximum atomic E-state index is 11.7. The van der Waals surface area contributed by atoms with E-state index in [1.165, 1.54) is 18.2 Å². The number of carbonyl (C=O) groups is 1. The minimum Gasteiger partial charge on any atom is -0.494 e. The number of hydrogen-bond donors (Lipinski definition) is 1. The van der Waals surface area contributed by atoms with Crippen LogP contribution in [-0.4, -0.2) is 28.8 Å². The standard InChI is InChI=1S/C26H27N3O3/c1-19-8-5-9-20(16-19)18-29-24-13-4-3-12-23(24)28(26(29)27)14-7-15-32-22-11-6-10-21(17-22)25(30)31-2/h3-6,8-13,16-17,27H,7,14-15,18H2,1-2H3. The van der Waals surface area contributed by atoms with Gasteiger partial charge in [0.05, 0.1) is 36.9 Å². The van der Waals surface area contributed by atoms with Crippen LogP contribution in [0.5, 0.6) is 5.75 Å². The number of aryl methyl sites for hydroxylation is 2. The summed E-state index contributed by atoms with van der Waals surface area (Å²) in [5.74, 6) is 0.247. The van der Waals surface area contributed by atoms with Crippen molar-refractivity contribution in [2.75, 3.05) is 13.7 Å². The van der Waals surface area contributed by atoms with E-state index in [0.717, 1.165) is 17.5 Å². The highest BCUT2D eigenvalue weighted by atomic mass is 16.5. The molecular weight excluding hydrogens is 402 g/mol. The molecule has 0 aliphatic rings. The predicted molar refractivity (Wildman–Crippen MR) is 124 cm³/mol. The summed E-state index contributed by atoms with van der Waals surface area (Å²) in [7, 11) is 1.36. The number of para-hydroxylation sites is 2. The first-order valence-electron chi connectivity index (χ1n) is 10.7. The van der Waals surface area contributed by atoms with Gasteiger partial charge in [-0.2, -0.15) is 0 Å². The highest BCUT2D eigenvalue weighted by Gasteiger charge is 2.11. The van der Waals surface area contributed by atoms with Gasteiger partial charge >= 0.3 is 5.97 Å². The lowest BCUT2D eigenvalue weighted by atomic mass is 10.1. The fourth-order valence-electron chi connectivity index (χ4n) is 3.92. The summed E-state index contributed by atoms with van der Waals surface area (Å²) in [4.78, 5) is 11.7. The Kier molecular flexibility index (Phi) is 6.40. The summed E-state index contributed by atoms with van der Waals surface area (Å²) in [5.41, 5.74) is 5.42. The molecule has 0 radical (unpaired) electrons. The van der Waals surface area contributed by atoms with Crippen LogP contribution in [-0.2, 0) is 17.8 Å². The molecule has 0 bridgehead atoms. The van der Waals surface area contributed by atoms with E-state index in [9.17, 15) is 4.79 Å². The zero-order valence-corrected chi connectivity index (χ0v) is 18.4. The Morgan fingerprint density at radius 2 is 1.69 bits per heavy atom. The molecule has 0 aliphatic heterocycles. The van der Waals surface area contributed by atoms with Crippen molar-refractivity contribution in [2.45, 2.75) is 26.4 Å². The van der Waals surface area contributed by atoms with Crippen LogP contribution < -0.4 is 10.4 Å². The predicted octanol–water partition coefficient (Wildman–Crippen LogP) is 4.53. The smallest absolute Gasteiger partial charge is 0.337 e. The van der Waals surface area contributed by atoms with E-state index < -0.39 is 0 Å². The maximum absolute atomic E-state index is 11.7. The third-order valence-electron chi connectivity index (χ3n) is 5.45. The first-order chi connectivity index (χ1) is 15.6. The molecule has 1 heterocycles. The molecule has 32 heavy (non-hydrogen) atoms. The molecule has 6 heteroatoms. The quantitative estimate of drug-likeness (QED) is 0.330. The van der Waals surface area contributed by atoms with Gasteiger partial charge in [0.25, 0.3) is 0 Å². The van der Waals surface area contributed by atoms with Gasteiger partial charge in [-0.3, -0.25) is 5.41 Å². The normalized spacial score (nSPS) is 10.9. The van der Waals surface area contributed by atoms with Gasteiger partial charge in [0.2, 0.25) is 5.62 Å². The lowest BCUT2D eigenvalue weighted by Gasteiger charge is -2.09. The Bertz CT molecular complexity index is 1300. The van der Waals surface area contributed by atoms with Crippen molar-refractivity contribution < 1.29 is 14.3 Å². The van der Waals surface area contributed by atoms with Gasteiger partial charge in [0, 0.05) is 6.54 Å². The molecule has 1 N–H and O–H groups in total. The highest BCUT2D eigenvalue weighted by molar-refractivity contribution is 5.89. The van der Waals surface area contributed by atoms with Crippen molar-refractivity contribution in [1.29, 1.82) is 5.41 Å². The molecule has 1 aromatic heterocycles. The molecule has 6 nitrogen and oxygen atoms in total. The largest absolute Gasteiger partial charge is 0.494 e. The number of benzene rings is 3. The molecule has 0 fully saturated rings. The Labute approximate surface area is 187 Å². The lowest BCUT2D eigenvalue weighted by molar-refractivity contribution is 0.0600. The first-order valence-corrected chi connectivity index (χ1v) is 10.7. The monoisotopic (exact) mass is 429 g/mol. The molecule has 0 amide bonds. The van der Waals surface area contributed by atoms with Crippen LogP contribution in [0.15, 0.2) is 72.8 Å². The van der Waals surface area contributed by atoms with Gasteiger partial charge in [0.1, 0.15) is 5.75 Å². The van der Waals surface area contributed by atoms with Crippen molar-refractivity contribution in [2.24, 2.45) is 0 Å². The Morgan fingerprint density at radius 1 is 0.938 bits per heavy atom. The van der Waals surface area contributed by atoms with Crippen LogP contribution in [0.3, 0.4) is 0 Å². The summed E-state index contributed by atoms with van der Waals surface area (Å²) in [6.45, 7) is 3.89. The molecule has 3 aromatic carbocycles. The molecular formula is C26H27N3O3. The number of ether oxygens (including phenoxy) is 2. The van der Waals surface area contributed by atoms with Crippen LogP contribution in [0.25, 0.3) is 11.0 Å². The molecule has 0 unspecified atom stereocenters. The van der Waals surface area contributed by atoms with Crippen molar-refractivity contribution in [3.05, 3.63) is 95.1 Å². The lowest BCUT2D eigenvalue weighted by Crippen LogP contribution is -2.25. The molecule has 164 valence electrons. The Morgan fingerprint density at radius 3 is 2.44 bits per heavy atom. The van der Waals surface area contributed by atoms with Crippen molar-refractivity contribution >= 4 is 17.0 Å². The second-order valence-corrected chi connectivity index (χ2v) is 7.76. The minimum atomic E-state index is -0.383. The molecule has 0 aliphatic carbocycles. The Hall–Kier alpha value is -3.80. The van der Waals surface area contributed by atoms with E-state index >= 15 is 0 Å². The number of imidazole rings is 1. The zero-order valence-electron chi connectivity index (χ0n) is 18.4. The number of carbonyl (C=O) groups excluding carboxylic acids is 1. The molecule has 4 aromatic rings. The average molecular weight is 430 g/mol. The number of esters is 1. The zero-order chi connectivity index (χ0) is 22.5. The van der Waals surface area contributed by atoms with Crippen molar-refractivity contribution in [3.63, 3.8) is 0 Å². The van der Waals surface area contributed by atoms with Gasteiger partial charge in [0.15, 0.2) is 0 Å². The van der Waals surface area contributed by atoms with Crippen LogP contribution in [0.1, 0.15) is 27.9 Å². The topological polar surface area (TPSA) is 69.2 Å². The number of rotatable bonds is 8. The maximum Gasteiger partial charge on any atom is 0.337 e. The van der Waals surface area contributed by atoms with Crippen molar-refractivity contribution in [1.82, 2.24) is 9.13 Å². The van der Waals surface area contributed by atoms with Gasteiger partial charge in [-0.05, 0) is 49.2 Å². The van der Waals surface area contributed by atoms with E-state index in [4.69, 9.17) is 14.9 Å². The fraction of sp³-hybridized carbons (Fsp3) is 0.231. The van der Waals surface area contributed by atoms with Gasteiger partial charge < -0.3 is 18.6 Å². The summed E-state index contributed by atoms with van der Waals surface area (Å²) in [6, 6.07) is 23.5. The summed E-state index contributed by atoms with van der Waals surface area (Å²) in [5, 5.41) is 8.81. The number of methoxy groups -OCH3 is 1. The van der Waals surface area contributed by atoms with E-state index in [0.29, 0.717) is 36.6 Å². The van der Waals surface area contributed by atoms with Crippen LogP contribution in [0, 0.1) is 12.3 Å². The van der Waals surface area contributed by atoms with E-state index in [-0.39, 0.29) is 5.97 Å². The Balaban J connectivity index is 1.48. The number of nitrogens with one attached hydrogen (secondary N) is 1. The second kappa shape index (κ2) is 9.56. The van der Waals surface area contributed by atoms with Crippen LogP contribution in [0.2, 0.25) is 0 Å². The van der Waals surface area contributed by atoms with E-state index in [1.807, 2.05) is 27.3 Å². The third kappa shape index (κ3) is 4.59. The number of nitrogens with zero attached hydrogens (tertiary/aromatic N) is 2. The number of fused-ring (bicyclic) bond motifs is 1. The molecule has 0 saturated carbocycles. The third-order valence-corrected chi connectivity index (χ3v) is 5.45. The molecule has 0 saturated heterocycles. The van der Waals surface area contributed by atoms with Crippen LogP contribution in [0.4, 0.5) is 0 Å². The summed E-state index contributed by atoms with van der Waals surface area (Å²) in [6.07, 6.45) is 0.734. The minimum absolute atomic E-state index is 0.383. The molecule has 0 atom stereocenters. The van der Waals surface area contributed by atoms with E-state index in [2.05, 4.69) is 43.3 Å². The average Bonchev–Trinajstić information content (AvgIpc) is 3.07. The summed E-state index contributed by atoms with van der Waals surface area (Å²) < 4.78 is 14.7. The van der Waals surface area contributed by atoms with Gasteiger partial charge in [-0.15, -0.1) is 0 Å². The fourth-order valence-corrected chi connectivity index (χ4v) is 3.92. The van der Waals surface area contributed by atoms with Crippen molar-refractivity contribution in [3.8, 4) is 5.75 Å².